The van der Waals surface area contributed by atoms with E-state index in [1.54, 1.807) is 18.2 Å². The van der Waals surface area contributed by atoms with Gasteiger partial charge >= 0.3 is 0 Å². The van der Waals surface area contributed by atoms with Crippen molar-refractivity contribution in [3.63, 3.8) is 0 Å². The van der Waals surface area contributed by atoms with Gasteiger partial charge in [0.1, 0.15) is 6.07 Å². The number of hydrogen-bond donors (Lipinski definition) is 2. The van der Waals surface area contributed by atoms with Crippen molar-refractivity contribution in [3.05, 3.63) is 65.3 Å². The molecule has 1 saturated carbocycles. The number of halogens is 1. The average molecular weight is 511 g/mol. The van der Waals surface area contributed by atoms with Gasteiger partial charge in [-0.05, 0) is 74.8 Å². The zero-order valence-corrected chi connectivity index (χ0v) is 22.2. The maximum absolute atomic E-state index is 12.5. The lowest BCUT2D eigenvalue weighted by molar-refractivity contribution is -0.118. The van der Waals surface area contributed by atoms with Crippen molar-refractivity contribution < 1.29 is 9.59 Å². The molecule has 0 spiro atoms. The predicted molar refractivity (Wildman–Crippen MR) is 147 cm³/mol. The second-order valence-corrected chi connectivity index (χ2v) is 10.9. The van der Waals surface area contributed by atoms with E-state index in [1.165, 1.54) is 18.5 Å². The maximum atomic E-state index is 12.5. The van der Waals surface area contributed by atoms with E-state index >= 15 is 0 Å². The van der Waals surface area contributed by atoms with Crippen LogP contribution in [-0.4, -0.2) is 30.2 Å². The highest BCUT2D eigenvalue weighted by molar-refractivity contribution is 7.40. The minimum absolute atomic E-state index is 0.139. The van der Waals surface area contributed by atoms with Crippen molar-refractivity contribution in [2.24, 2.45) is 5.92 Å². The Balaban J connectivity index is 1.49. The predicted octanol–water partition coefficient (Wildman–Crippen LogP) is 6.39. The van der Waals surface area contributed by atoms with Crippen LogP contribution in [0.3, 0.4) is 0 Å². The zero-order valence-electron chi connectivity index (χ0n) is 20.5. The van der Waals surface area contributed by atoms with Crippen LogP contribution < -0.4 is 15.5 Å². The standard InChI is InChI=1S/C27H32ClN4O2P/c1-5-32(19(3)27(35-4)12-13-27)23-10-8-21(9-11-23)30-25(33)14-18(2)15-26(34)31-22-7-6-20(17-29)24(28)16-22/h6-11,16,18,35H,3,5,12-15H2,1-2,4H3,(H,30,33)(H,31,34). The number of carbonyl (C=O) groups excluding carboxylic acids is 2. The average Bonchev–Trinajstić information content (AvgIpc) is 3.62. The molecule has 8 heteroatoms. The highest BCUT2D eigenvalue weighted by Crippen LogP contribution is 2.56. The summed E-state index contributed by atoms with van der Waals surface area (Å²) in [6.45, 7) is 11.5. The van der Waals surface area contributed by atoms with Gasteiger partial charge in [0.2, 0.25) is 11.8 Å². The molecule has 1 aliphatic carbocycles. The number of allylic oxidation sites excluding steroid dienone is 1. The molecule has 2 amide bonds. The monoisotopic (exact) mass is 510 g/mol. The smallest absolute Gasteiger partial charge is 0.224 e. The van der Waals surface area contributed by atoms with E-state index in [0.717, 1.165) is 26.5 Å². The molecule has 0 saturated heterocycles. The fraction of sp³-hybridized carbons (Fsp3) is 0.370. The second-order valence-electron chi connectivity index (χ2n) is 8.99. The van der Waals surface area contributed by atoms with Crippen molar-refractivity contribution in [2.75, 3.05) is 28.7 Å². The first-order valence-electron chi connectivity index (χ1n) is 11.8. The molecule has 2 aromatic rings. The third-order valence-electron chi connectivity index (χ3n) is 6.33. The topological polar surface area (TPSA) is 85.2 Å². The molecule has 6 nitrogen and oxygen atoms in total. The molecule has 2 unspecified atom stereocenters. The Bertz CT molecular complexity index is 1140. The van der Waals surface area contributed by atoms with Gasteiger partial charge in [0.05, 0.1) is 10.6 Å². The first-order chi connectivity index (χ1) is 16.7. The molecule has 0 aromatic heterocycles. The molecule has 184 valence electrons. The van der Waals surface area contributed by atoms with Crippen LogP contribution in [0.2, 0.25) is 5.02 Å². The SMILES string of the molecule is C=C(N(CC)c1ccc(NC(=O)CC(C)CC(=O)Nc2ccc(C#N)c(Cl)c2)cc1)C1(PC)CC1. The third-order valence-corrected chi connectivity index (χ3v) is 8.39. The first kappa shape index (κ1) is 26.7. The molecule has 2 N–H and O–H groups in total. The van der Waals surface area contributed by atoms with Gasteiger partial charge in [-0.15, -0.1) is 8.58 Å². The summed E-state index contributed by atoms with van der Waals surface area (Å²) < 4.78 is 0. The van der Waals surface area contributed by atoms with Crippen LogP contribution in [0.15, 0.2) is 54.7 Å². The molecular weight excluding hydrogens is 479 g/mol. The van der Waals surface area contributed by atoms with Gasteiger partial charge in [-0.25, -0.2) is 0 Å². The summed E-state index contributed by atoms with van der Waals surface area (Å²) in [4.78, 5) is 27.1. The van der Waals surface area contributed by atoms with E-state index in [9.17, 15) is 9.59 Å². The van der Waals surface area contributed by atoms with Gasteiger partial charge in [0.15, 0.2) is 0 Å². The molecular formula is C27H32ClN4O2P. The number of amides is 2. The summed E-state index contributed by atoms with van der Waals surface area (Å²) in [5.41, 5.74) is 3.86. The number of nitriles is 1. The van der Waals surface area contributed by atoms with Gasteiger partial charge in [0.25, 0.3) is 0 Å². The molecule has 1 fully saturated rings. The summed E-state index contributed by atoms with van der Waals surface area (Å²) >= 11 is 6.01. The Morgan fingerprint density at radius 1 is 1.14 bits per heavy atom. The summed E-state index contributed by atoms with van der Waals surface area (Å²) in [7, 11) is 0.852. The van der Waals surface area contributed by atoms with Crippen molar-refractivity contribution in [1.82, 2.24) is 0 Å². The fourth-order valence-electron chi connectivity index (χ4n) is 4.13. The molecule has 1 aliphatic rings. The van der Waals surface area contributed by atoms with Gasteiger partial charge in [-0.2, -0.15) is 5.26 Å². The van der Waals surface area contributed by atoms with Crippen molar-refractivity contribution in [1.29, 1.82) is 5.26 Å². The largest absolute Gasteiger partial charge is 0.345 e. The van der Waals surface area contributed by atoms with E-state index < -0.39 is 0 Å². The number of anilines is 3. The van der Waals surface area contributed by atoms with Crippen LogP contribution in [0.4, 0.5) is 17.1 Å². The van der Waals surface area contributed by atoms with Crippen LogP contribution in [-0.2, 0) is 9.59 Å². The minimum Gasteiger partial charge on any atom is -0.345 e. The Morgan fingerprint density at radius 3 is 2.20 bits per heavy atom. The normalized spacial score (nSPS) is 14.7. The minimum atomic E-state index is -0.212. The Labute approximate surface area is 214 Å². The first-order valence-corrected chi connectivity index (χ1v) is 13.6. The number of rotatable bonds is 11. The summed E-state index contributed by atoms with van der Waals surface area (Å²) in [5, 5.41) is 15.2. The lowest BCUT2D eigenvalue weighted by Gasteiger charge is -2.31. The second kappa shape index (κ2) is 11.7. The van der Waals surface area contributed by atoms with Crippen molar-refractivity contribution in [3.8, 4) is 6.07 Å². The Hall–Kier alpha value is -2.87. The van der Waals surface area contributed by atoms with Gasteiger partial charge in [-0.1, -0.05) is 25.1 Å². The van der Waals surface area contributed by atoms with E-state index in [1.807, 2.05) is 37.3 Å². The molecule has 2 atom stereocenters. The lowest BCUT2D eigenvalue weighted by atomic mass is 10.0. The van der Waals surface area contributed by atoms with Crippen LogP contribution in [0.5, 0.6) is 0 Å². The molecule has 0 aliphatic heterocycles. The van der Waals surface area contributed by atoms with Crippen molar-refractivity contribution >= 4 is 49.1 Å². The van der Waals surface area contributed by atoms with E-state index in [-0.39, 0.29) is 40.8 Å². The quantitative estimate of drug-likeness (QED) is 0.343. The number of carbonyl (C=O) groups is 2. The highest BCUT2D eigenvalue weighted by Gasteiger charge is 2.45. The summed E-state index contributed by atoms with van der Waals surface area (Å²) in [6.07, 6.45) is 2.84. The number of hydrogen-bond acceptors (Lipinski definition) is 4. The van der Waals surface area contributed by atoms with Gasteiger partial charge in [-0.3, -0.25) is 9.59 Å². The highest BCUT2D eigenvalue weighted by atomic mass is 35.5. The van der Waals surface area contributed by atoms with E-state index in [0.29, 0.717) is 11.3 Å². The third kappa shape index (κ3) is 6.84. The zero-order chi connectivity index (χ0) is 25.6. The number of nitrogens with one attached hydrogen (secondary N) is 2. The van der Waals surface area contributed by atoms with Crippen LogP contribution in [0.1, 0.15) is 45.1 Å². The Kier molecular flexibility index (Phi) is 8.94. The number of benzene rings is 2. The fourth-order valence-corrected chi connectivity index (χ4v) is 5.40. The summed E-state index contributed by atoms with van der Waals surface area (Å²) in [5.74, 6) is -0.497. The molecule has 2 aromatic carbocycles. The molecule has 0 bridgehead atoms. The van der Waals surface area contributed by atoms with E-state index in [2.05, 4.69) is 35.7 Å². The molecule has 35 heavy (non-hydrogen) atoms. The lowest BCUT2D eigenvalue weighted by Crippen LogP contribution is -2.28. The van der Waals surface area contributed by atoms with Crippen molar-refractivity contribution in [2.45, 2.75) is 44.7 Å². The maximum Gasteiger partial charge on any atom is 0.224 e. The molecule has 0 radical (unpaired) electrons. The van der Waals surface area contributed by atoms with Gasteiger partial charge < -0.3 is 15.5 Å². The van der Waals surface area contributed by atoms with Crippen LogP contribution >= 0.6 is 20.2 Å². The van der Waals surface area contributed by atoms with Crippen LogP contribution in [0, 0.1) is 17.2 Å². The molecule has 0 heterocycles. The summed E-state index contributed by atoms with van der Waals surface area (Å²) in [6, 6.07) is 14.6. The molecule has 3 rings (SSSR count). The van der Waals surface area contributed by atoms with Gasteiger partial charge in [0, 0.05) is 47.3 Å². The Morgan fingerprint density at radius 2 is 1.71 bits per heavy atom. The number of nitrogens with zero attached hydrogens (tertiary/aromatic N) is 2. The van der Waals surface area contributed by atoms with E-state index in [4.69, 9.17) is 16.9 Å². The van der Waals surface area contributed by atoms with Crippen LogP contribution in [0.25, 0.3) is 0 Å².